The predicted octanol–water partition coefficient (Wildman–Crippen LogP) is 5.34. The van der Waals surface area contributed by atoms with E-state index in [0.29, 0.717) is 40.4 Å². The molecule has 4 aromatic rings. The minimum atomic E-state index is 0.541. The summed E-state index contributed by atoms with van der Waals surface area (Å²) in [4.78, 5) is 15.6. The van der Waals surface area contributed by atoms with Crippen LogP contribution in [0.3, 0.4) is 0 Å². The summed E-state index contributed by atoms with van der Waals surface area (Å²) in [6.45, 7) is 2.52. The number of aromatic nitrogens is 3. The molecule has 0 unspecified atom stereocenters. The van der Waals surface area contributed by atoms with Gasteiger partial charge in [0.05, 0.1) is 24.6 Å². The van der Waals surface area contributed by atoms with E-state index >= 15 is 0 Å². The Morgan fingerprint density at radius 1 is 1.07 bits per heavy atom. The number of hydrogen-bond acceptors (Lipinski definition) is 7. The third-order valence-corrected chi connectivity index (χ3v) is 6.04. The van der Waals surface area contributed by atoms with Crippen molar-refractivity contribution >= 4 is 39.0 Å². The van der Waals surface area contributed by atoms with Gasteiger partial charge >= 0.3 is 0 Å². The number of thiophene rings is 1. The monoisotopic (exact) mass is 426 g/mol. The average Bonchev–Trinajstić information content (AvgIpc) is 3.06. The number of aryl methyl sites for hydroxylation is 1. The van der Waals surface area contributed by atoms with Crippen LogP contribution in [-0.4, -0.2) is 29.2 Å². The van der Waals surface area contributed by atoms with E-state index in [0.717, 1.165) is 20.7 Å². The number of halogens is 1. The van der Waals surface area contributed by atoms with Crippen LogP contribution in [0.25, 0.3) is 21.7 Å². The molecule has 8 heteroatoms. The molecule has 3 aromatic heterocycles. The number of anilines is 1. The van der Waals surface area contributed by atoms with E-state index in [1.54, 1.807) is 31.8 Å². The van der Waals surface area contributed by atoms with Gasteiger partial charge in [0.2, 0.25) is 0 Å². The van der Waals surface area contributed by atoms with Gasteiger partial charge < -0.3 is 14.8 Å². The fourth-order valence-corrected chi connectivity index (χ4v) is 4.26. The molecule has 0 amide bonds. The minimum Gasteiger partial charge on any atom is -0.493 e. The van der Waals surface area contributed by atoms with Crippen molar-refractivity contribution in [2.24, 2.45) is 0 Å². The van der Waals surface area contributed by atoms with E-state index in [4.69, 9.17) is 26.1 Å². The van der Waals surface area contributed by atoms with Crippen LogP contribution in [0.5, 0.6) is 11.5 Å². The van der Waals surface area contributed by atoms with Crippen LogP contribution in [0.2, 0.25) is 5.02 Å². The molecule has 4 rings (SSSR count). The van der Waals surface area contributed by atoms with Crippen molar-refractivity contribution in [1.82, 2.24) is 15.0 Å². The Hall–Kier alpha value is -2.90. The van der Waals surface area contributed by atoms with Crippen LogP contribution >= 0.6 is 22.9 Å². The van der Waals surface area contributed by atoms with Crippen molar-refractivity contribution in [3.8, 4) is 23.0 Å². The summed E-state index contributed by atoms with van der Waals surface area (Å²) in [5.74, 6) is 2.61. The highest BCUT2D eigenvalue weighted by atomic mass is 35.5. The third kappa shape index (κ3) is 3.83. The van der Waals surface area contributed by atoms with Crippen molar-refractivity contribution in [2.45, 2.75) is 13.5 Å². The molecule has 3 heterocycles. The Labute approximate surface area is 177 Å². The van der Waals surface area contributed by atoms with Gasteiger partial charge in [-0.05, 0) is 36.8 Å². The van der Waals surface area contributed by atoms with Crippen molar-refractivity contribution in [1.29, 1.82) is 0 Å². The fraction of sp³-hybridized carbons (Fsp3) is 0.190. The number of fused-ring (bicyclic) bond motifs is 1. The maximum absolute atomic E-state index is 6.55. The topological polar surface area (TPSA) is 69.2 Å². The molecule has 0 aliphatic carbocycles. The third-order valence-electron chi connectivity index (χ3n) is 4.46. The van der Waals surface area contributed by atoms with Crippen molar-refractivity contribution in [2.75, 3.05) is 19.5 Å². The maximum atomic E-state index is 6.55. The first kappa shape index (κ1) is 19.4. The van der Waals surface area contributed by atoms with Crippen LogP contribution in [-0.2, 0) is 6.54 Å². The molecule has 0 spiro atoms. The number of pyridine rings is 1. The lowest BCUT2D eigenvalue weighted by molar-refractivity contribution is 0.354. The molecule has 1 aromatic carbocycles. The number of rotatable bonds is 6. The van der Waals surface area contributed by atoms with Gasteiger partial charge in [-0.25, -0.2) is 9.97 Å². The fourth-order valence-electron chi connectivity index (χ4n) is 2.99. The van der Waals surface area contributed by atoms with E-state index in [1.807, 2.05) is 43.3 Å². The second kappa shape index (κ2) is 8.23. The molecule has 0 radical (unpaired) electrons. The zero-order chi connectivity index (χ0) is 20.4. The molecular formula is C21H19ClN4O2S. The van der Waals surface area contributed by atoms with Crippen molar-refractivity contribution < 1.29 is 9.47 Å². The van der Waals surface area contributed by atoms with E-state index in [-0.39, 0.29) is 0 Å². The zero-order valence-electron chi connectivity index (χ0n) is 16.2. The summed E-state index contributed by atoms with van der Waals surface area (Å²) in [7, 11) is 3.24. The largest absolute Gasteiger partial charge is 0.493 e. The van der Waals surface area contributed by atoms with Crippen LogP contribution in [0, 0.1) is 6.92 Å². The lowest BCUT2D eigenvalue weighted by atomic mass is 10.2. The number of ether oxygens (including phenoxy) is 2. The summed E-state index contributed by atoms with van der Waals surface area (Å²) >= 11 is 8.10. The average molecular weight is 427 g/mol. The van der Waals surface area contributed by atoms with Crippen molar-refractivity contribution in [3.05, 3.63) is 58.1 Å². The van der Waals surface area contributed by atoms with E-state index in [9.17, 15) is 0 Å². The Kier molecular flexibility index (Phi) is 5.51. The highest BCUT2D eigenvalue weighted by molar-refractivity contribution is 7.19. The molecule has 6 nitrogen and oxygen atoms in total. The lowest BCUT2D eigenvalue weighted by Gasteiger charge is -2.12. The molecule has 0 bridgehead atoms. The van der Waals surface area contributed by atoms with Gasteiger partial charge in [-0.1, -0.05) is 23.7 Å². The second-order valence-electron chi connectivity index (χ2n) is 6.31. The molecule has 148 valence electrons. The van der Waals surface area contributed by atoms with E-state index in [2.05, 4.69) is 15.3 Å². The number of methoxy groups -OCH3 is 2. The van der Waals surface area contributed by atoms with Crippen LogP contribution in [0.4, 0.5) is 5.82 Å². The summed E-state index contributed by atoms with van der Waals surface area (Å²) < 4.78 is 10.7. The SMILES string of the molecule is COc1ccc(CNc2nc(-c3ccccn3)nc3sc(C)c(Cl)c23)cc1OC. The first-order chi connectivity index (χ1) is 14.1. The quantitative estimate of drug-likeness (QED) is 0.448. The molecule has 0 fully saturated rings. The zero-order valence-corrected chi connectivity index (χ0v) is 17.8. The number of nitrogens with one attached hydrogen (secondary N) is 1. The van der Waals surface area contributed by atoms with Gasteiger partial charge in [-0.3, -0.25) is 4.98 Å². The van der Waals surface area contributed by atoms with Gasteiger partial charge in [0, 0.05) is 17.6 Å². The molecule has 29 heavy (non-hydrogen) atoms. The standard InChI is InChI=1S/C21H19ClN4O2S/c1-12-18(22)17-20(24-11-13-7-8-15(27-2)16(10-13)28-3)25-19(26-21(17)29-12)14-6-4-5-9-23-14/h4-10H,11H2,1-3H3,(H,24,25,26). The second-order valence-corrected chi connectivity index (χ2v) is 7.89. The van der Waals surface area contributed by atoms with Gasteiger partial charge in [-0.2, -0.15) is 0 Å². The Morgan fingerprint density at radius 3 is 2.62 bits per heavy atom. The van der Waals surface area contributed by atoms with E-state index < -0.39 is 0 Å². The number of nitrogens with zero attached hydrogens (tertiary/aromatic N) is 3. The van der Waals surface area contributed by atoms with E-state index in [1.165, 1.54) is 0 Å². The highest BCUT2D eigenvalue weighted by Gasteiger charge is 2.17. The summed E-state index contributed by atoms with van der Waals surface area (Å²) in [5.41, 5.74) is 1.74. The van der Waals surface area contributed by atoms with Gasteiger partial charge in [-0.15, -0.1) is 11.3 Å². The normalized spacial score (nSPS) is 10.9. The van der Waals surface area contributed by atoms with Crippen molar-refractivity contribution in [3.63, 3.8) is 0 Å². The maximum Gasteiger partial charge on any atom is 0.181 e. The summed E-state index contributed by atoms with van der Waals surface area (Å²) in [6, 6.07) is 11.5. The van der Waals surface area contributed by atoms with Crippen LogP contribution in [0.15, 0.2) is 42.6 Å². The molecule has 0 aliphatic rings. The van der Waals surface area contributed by atoms with Crippen LogP contribution < -0.4 is 14.8 Å². The number of hydrogen-bond donors (Lipinski definition) is 1. The molecule has 0 saturated heterocycles. The molecular weight excluding hydrogens is 408 g/mol. The molecule has 0 aliphatic heterocycles. The van der Waals surface area contributed by atoms with Gasteiger partial charge in [0.1, 0.15) is 16.3 Å². The van der Waals surface area contributed by atoms with Gasteiger partial charge in [0.25, 0.3) is 0 Å². The Balaban J connectivity index is 1.72. The molecule has 0 atom stereocenters. The van der Waals surface area contributed by atoms with Gasteiger partial charge in [0.15, 0.2) is 17.3 Å². The molecule has 1 N–H and O–H groups in total. The summed E-state index contributed by atoms with van der Waals surface area (Å²) in [6.07, 6.45) is 1.73. The van der Waals surface area contributed by atoms with Crippen LogP contribution in [0.1, 0.15) is 10.4 Å². The lowest BCUT2D eigenvalue weighted by Crippen LogP contribution is -2.04. The molecule has 0 saturated carbocycles. The minimum absolute atomic E-state index is 0.541. The summed E-state index contributed by atoms with van der Waals surface area (Å²) in [5, 5.41) is 4.91. The Bertz CT molecular complexity index is 1160. The Morgan fingerprint density at radius 2 is 1.90 bits per heavy atom. The smallest absolute Gasteiger partial charge is 0.181 e. The predicted molar refractivity (Wildman–Crippen MR) is 117 cm³/mol. The first-order valence-electron chi connectivity index (χ1n) is 8.93. The highest BCUT2D eigenvalue weighted by Crippen LogP contribution is 2.38. The first-order valence-corrected chi connectivity index (χ1v) is 10.1. The number of benzene rings is 1.